The lowest BCUT2D eigenvalue weighted by Gasteiger charge is -2.25. The number of phenolic OH excluding ortho intramolecular Hbond substituents is 1. The van der Waals surface area contributed by atoms with Crippen molar-refractivity contribution in [3.05, 3.63) is 65.2 Å². The Balaban J connectivity index is 2.05. The number of nitrogens with zero attached hydrogens (tertiary/aromatic N) is 1. The van der Waals surface area contributed by atoms with E-state index in [1.165, 1.54) is 17.0 Å². The zero-order valence-corrected chi connectivity index (χ0v) is 19.4. The minimum atomic E-state index is -0.854. The van der Waals surface area contributed by atoms with Crippen LogP contribution in [0.3, 0.4) is 0 Å². The fourth-order valence-electron chi connectivity index (χ4n) is 3.69. The topological polar surface area (TPSA) is 96.3 Å². The second-order valence-corrected chi connectivity index (χ2v) is 8.74. The molecule has 0 aromatic heterocycles. The SMILES string of the molecule is CC(C)COc1cccc(/C(O)=C2/C(=O)C(=O)N(CCOC(C)C)C2c2cccc(O)c2)c1. The number of hydrogen-bond acceptors (Lipinski definition) is 6. The highest BCUT2D eigenvalue weighted by Gasteiger charge is 2.46. The van der Waals surface area contributed by atoms with Gasteiger partial charge in [0.25, 0.3) is 11.7 Å². The van der Waals surface area contributed by atoms with Crippen LogP contribution >= 0.6 is 0 Å². The average molecular weight is 454 g/mol. The predicted molar refractivity (Wildman–Crippen MR) is 125 cm³/mol. The molecule has 1 saturated heterocycles. The molecule has 1 fully saturated rings. The lowest BCUT2D eigenvalue weighted by atomic mass is 9.95. The van der Waals surface area contributed by atoms with Crippen LogP contribution in [0, 0.1) is 5.92 Å². The molecule has 1 heterocycles. The van der Waals surface area contributed by atoms with Crippen LogP contribution in [-0.4, -0.2) is 52.7 Å². The van der Waals surface area contributed by atoms with Crippen LogP contribution in [-0.2, 0) is 14.3 Å². The Morgan fingerprint density at radius 3 is 2.45 bits per heavy atom. The number of likely N-dealkylation sites (tertiary alicyclic amines) is 1. The molecule has 2 aromatic carbocycles. The first-order chi connectivity index (χ1) is 15.7. The number of aromatic hydroxyl groups is 1. The van der Waals surface area contributed by atoms with Gasteiger partial charge in [-0.1, -0.05) is 38.1 Å². The van der Waals surface area contributed by atoms with Gasteiger partial charge in [-0.2, -0.15) is 0 Å². The maximum atomic E-state index is 13.1. The van der Waals surface area contributed by atoms with Crippen LogP contribution in [0.1, 0.15) is 44.9 Å². The van der Waals surface area contributed by atoms with Gasteiger partial charge in [-0.15, -0.1) is 0 Å². The molecule has 1 unspecified atom stereocenters. The van der Waals surface area contributed by atoms with Gasteiger partial charge >= 0.3 is 0 Å². The molecule has 176 valence electrons. The van der Waals surface area contributed by atoms with E-state index >= 15 is 0 Å². The number of benzene rings is 2. The molecule has 7 nitrogen and oxygen atoms in total. The molecule has 3 rings (SSSR count). The molecule has 0 saturated carbocycles. The van der Waals surface area contributed by atoms with Crippen molar-refractivity contribution in [2.75, 3.05) is 19.8 Å². The van der Waals surface area contributed by atoms with E-state index in [-0.39, 0.29) is 36.3 Å². The molecule has 0 radical (unpaired) electrons. The van der Waals surface area contributed by atoms with E-state index in [4.69, 9.17) is 9.47 Å². The standard InChI is InChI=1S/C26H31NO6/c1-16(2)15-33-21-10-6-8-19(14-21)24(29)22-23(18-7-5-9-20(28)13-18)27(26(31)25(22)30)11-12-32-17(3)4/h5-10,13-14,16-17,23,28-29H,11-12,15H2,1-4H3/b24-22-. The number of aliphatic hydroxyl groups excluding tert-OH is 1. The van der Waals surface area contributed by atoms with Gasteiger partial charge in [-0.05, 0) is 49.6 Å². The van der Waals surface area contributed by atoms with Crippen molar-refractivity contribution >= 4 is 17.4 Å². The number of Topliss-reactive ketones (excluding diaryl/α,β-unsaturated/α-hetero) is 1. The minimum Gasteiger partial charge on any atom is -0.508 e. The van der Waals surface area contributed by atoms with Gasteiger partial charge in [0, 0.05) is 12.1 Å². The zero-order chi connectivity index (χ0) is 24.1. The highest BCUT2D eigenvalue weighted by molar-refractivity contribution is 6.46. The summed E-state index contributed by atoms with van der Waals surface area (Å²) >= 11 is 0. The van der Waals surface area contributed by atoms with Gasteiger partial charge in [-0.3, -0.25) is 9.59 Å². The van der Waals surface area contributed by atoms with Crippen molar-refractivity contribution in [1.82, 2.24) is 4.90 Å². The molecule has 2 N–H and O–H groups in total. The minimum absolute atomic E-state index is 0.000556. The van der Waals surface area contributed by atoms with Crippen LogP contribution in [0.25, 0.3) is 5.76 Å². The number of ether oxygens (including phenoxy) is 2. The molecule has 0 aliphatic carbocycles. The number of rotatable bonds is 9. The fraction of sp³-hybridized carbons (Fsp3) is 0.385. The van der Waals surface area contributed by atoms with Gasteiger partial charge in [0.05, 0.1) is 30.9 Å². The molecule has 1 amide bonds. The second kappa shape index (κ2) is 10.5. The quantitative estimate of drug-likeness (QED) is 0.334. The largest absolute Gasteiger partial charge is 0.508 e. The molecule has 0 spiro atoms. The Kier molecular flexibility index (Phi) is 7.76. The summed E-state index contributed by atoms with van der Waals surface area (Å²) in [6.45, 7) is 8.74. The van der Waals surface area contributed by atoms with Crippen molar-refractivity contribution in [2.45, 2.75) is 39.8 Å². The van der Waals surface area contributed by atoms with Crippen LogP contribution < -0.4 is 4.74 Å². The number of ketones is 1. The van der Waals surface area contributed by atoms with Crippen molar-refractivity contribution in [1.29, 1.82) is 0 Å². The van der Waals surface area contributed by atoms with Crippen molar-refractivity contribution < 1.29 is 29.3 Å². The van der Waals surface area contributed by atoms with Crippen molar-refractivity contribution in [2.24, 2.45) is 5.92 Å². The fourth-order valence-corrected chi connectivity index (χ4v) is 3.69. The third-order valence-electron chi connectivity index (χ3n) is 5.20. The average Bonchev–Trinajstić information content (AvgIpc) is 3.02. The summed E-state index contributed by atoms with van der Waals surface area (Å²) in [5, 5.41) is 21.2. The van der Waals surface area contributed by atoms with E-state index < -0.39 is 17.7 Å². The number of phenols is 1. The lowest BCUT2D eigenvalue weighted by Crippen LogP contribution is -2.33. The summed E-state index contributed by atoms with van der Waals surface area (Å²) in [7, 11) is 0. The third-order valence-corrected chi connectivity index (χ3v) is 5.20. The number of amides is 1. The first-order valence-corrected chi connectivity index (χ1v) is 11.1. The Bertz CT molecular complexity index is 1040. The van der Waals surface area contributed by atoms with Crippen LogP contribution in [0.2, 0.25) is 0 Å². The Morgan fingerprint density at radius 2 is 1.79 bits per heavy atom. The zero-order valence-electron chi connectivity index (χ0n) is 19.4. The van der Waals surface area contributed by atoms with E-state index in [1.807, 2.05) is 27.7 Å². The lowest BCUT2D eigenvalue weighted by molar-refractivity contribution is -0.140. The molecule has 2 aromatic rings. The van der Waals surface area contributed by atoms with Crippen LogP contribution in [0.4, 0.5) is 0 Å². The van der Waals surface area contributed by atoms with Crippen molar-refractivity contribution in [3.8, 4) is 11.5 Å². The summed E-state index contributed by atoms with van der Waals surface area (Å²) in [4.78, 5) is 27.4. The van der Waals surface area contributed by atoms with E-state index in [1.54, 1.807) is 36.4 Å². The first kappa shape index (κ1) is 24.3. The summed E-state index contributed by atoms with van der Waals surface area (Å²) in [6, 6.07) is 12.3. The molecule has 1 aliphatic heterocycles. The molecular weight excluding hydrogens is 422 g/mol. The van der Waals surface area contributed by atoms with E-state index in [9.17, 15) is 19.8 Å². The Hall–Kier alpha value is -3.32. The summed E-state index contributed by atoms with van der Waals surface area (Å²) in [5.74, 6) is -0.902. The number of carbonyl (C=O) groups is 2. The molecule has 1 aliphatic rings. The monoisotopic (exact) mass is 453 g/mol. The van der Waals surface area contributed by atoms with Crippen molar-refractivity contribution in [3.63, 3.8) is 0 Å². The highest BCUT2D eigenvalue weighted by atomic mass is 16.5. The third kappa shape index (κ3) is 5.73. The Morgan fingerprint density at radius 1 is 1.06 bits per heavy atom. The van der Waals surface area contributed by atoms with Gasteiger partial charge < -0.3 is 24.6 Å². The maximum absolute atomic E-state index is 13.1. The number of aliphatic hydroxyl groups is 1. The van der Waals surface area contributed by atoms with Gasteiger partial charge in [-0.25, -0.2) is 0 Å². The summed E-state index contributed by atoms with van der Waals surface area (Å²) < 4.78 is 11.3. The second-order valence-electron chi connectivity index (χ2n) is 8.74. The molecule has 1 atom stereocenters. The van der Waals surface area contributed by atoms with E-state index in [2.05, 4.69) is 0 Å². The van der Waals surface area contributed by atoms with Crippen LogP contribution in [0.5, 0.6) is 11.5 Å². The smallest absolute Gasteiger partial charge is 0.295 e. The normalized spacial score (nSPS) is 17.9. The summed E-state index contributed by atoms with van der Waals surface area (Å²) in [6.07, 6.45) is -0.0328. The van der Waals surface area contributed by atoms with Crippen LogP contribution in [0.15, 0.2) is 54.1 Å². The number of hydrogen-bond donors (Lipinski definition) is 2. The predicted octanol–water partition coefficient (Wildman–Crippen LogP) is 4.27. The Labute approximate surface area is 194 Å². The molecule has 7 heteroatoms. The van der Waals surface area contributed by atoms with E-state index in [0.29, 0.717) is 29.4 Å². The highest BCUT2D eigenvalue weighted by Crippen LogP contribution is 2.40. The number of carbonyl (C=O) groups excluding carboxylic acids is 2. The maximum Gasteiger partial charge on any atom is 0.295 e. The first-order valence-electron chi connectivity index (χ1n) is 11.1. The summed E-state index contributed by atoms with van der Waals surface area (Å²) in [5.41, 5.74) is 0.863. The van der Waals surface area contributed by atoms with Gasteiger partial charge in [0.1, 0.15) is 17.3 Å². The van der Waals surface area contributed by atoms with Gasteiger partial charge in [0.2, 0.25) is 0 Å². The molecule has 33 heavy (non-hydrogen) atoms. The molecule has 0 bridgehead atoms. The van der Waals surface area contributed by atoms with Gasteiger partial charge in [0.15, 0.2) is 0 Å². The van der Waals surface area contributed by atoms with E-state index in [0.717, 1.165) is 0 Å². The molecular formula is C26H31NO6.